The van der Waals surface area contributed by atoms with Crippen molar-refractivity contribution in [1.29, 1.82) is 0 Å². The van der Waals surface area contributed by atoms with E-state index >= 15 is 0 Å². The molecule has 0 aliphatic rings. The maximum Gasteiger partial charge on any atom is 0.135 e. The van der Waals surface area contributed by atoms with E-state index < -0.39 is 0 Å². The summed E-state index contributed by atoms with van der Waals surface area (Å²) in [6, 6.07) is 6.24. The van der Waals surface area contributed by atoms with Crippen LogP contribution in [0.15, 0.2) is 39.4 Å². The zero-order valence-corrected chi connectivity index (χ0v) is 12.1. The molecule has 18 heavy (non-hydrogen) atoms. The van der Waals surface area contributed by atoms with E-state index in [0.717, 1.165) is 15.8 Å². The number of hydrogen-bond donors (Lipinski definition) is 1. The van der Waals surface area contributed by atoms with E-state index in [1.54, 1.807) is 12.3 Å². The molecule has 96 valence electrons. The van der Waals surface area contributed by atoms with Crippen LogP contribution in [0.25, 0.3) is 0 Å². The zero-order chi connectivity index (χ0) is 13.1. The van der Waals surface area contributed by atoms with Gasteiger partial charge < -0.3 is 9.73 Å². The van der Waals surface area contributed by atoms with Gasteiger partial charge in [0.05, 0.1) is 16.8 Å². The van der Waals surface area contributed by atoms with E-state index in [4.69, 9.17) is 16.0 Å². The van der Waals surface area contributed by atoms with Gasteiger partial charge >= 0.3 is 0 Å². The molecule has 1 N–H and O–H groups in total. The lowest BCUT2D eigenvalue weighted by Crippen LogP contribution is -2.18. The summed E-state index contributed by atoms with van der Waals surface area (Å²) < 4.78 is 19.3. The van der Waals surface area contributed by atoms with Gasteiger partial charge in [0.2, 0.25) is 0 Å². The third-order valence-electron chi connectivity index (χ3n) is 2.75. The highest BCUT2D eigenvalue weighted by Gasteiger charge is 2.18. The monoisotopic (exact) mass is 331 g/mol. The molecule has 0 saturated carbocycles. The molecule has 0 saturated heterocycles. The lowest BCUT2D eigenvalue weighted by Gasteiger charge is -2.15. The van der Waals surface area contributed by atoms with Gasteiger partial charge in [0.25, 0.3) is 0 Å². The second kappa shape index (κ2) is 5.87. The first-order valence-electron chi connectivity index (χ1n) is 5.46. The molecule has 0 aliphatic heterocycles. The van der Waals surface area contributed by atoms with Crippen molar-refractivity contribution in [2.24, 2.45) is 0 Å². The first-order chi connectivity index (χ1) is 8.61. The SMILES string of the molecule is CNC(Cc1ccc(F)cc1Cl)c1occc1Br. The minimum absolute atomic E-state index is 0.0164. The second-order valence-corrected chi connectivity index (χ2v) is 5.18. The van der Waals surface area contributed by atoms with Crippen molar-refractivity contribution in [1.82, 2.24) is 5.32 Å². The third-order valence-corrected chi connectivity index (χ3v) is 3.76. The Bertz CT molecular complexity index is 544. The number of nitrogens with one attached hydrogen (secondary N) is 1. The van der Waals surface area contributed by atoms with Crippen LogP contribution in [0.4, 0.5) is 4.39 Å². The summed E-state index contributed by atoms with van der Waals surface area (Å²) in [4.78, 5) is 0. The van der Waals surface area contributed by atoms with Gasteiger partial charge in [-0.3, -0.25) is 0 Å². The van der Waals surface area contributed by atoms with Crippen molar-refractivity contribution in [3.05, 3.63) is 57.2 Å². The van der Waals surface area contributed by atoms with Crippen LogP contribution in [0.2, 0.25) is 5.02 Å². The van der Waals surface area contributed by atoms with Crippen LogP contribution in [-0.2, 0) is 6.42 Å². The Morgan fingerprint density at radius 2 is 2.22 bits per heavy atom. The number of halogens is 3. The van der Waals surface area contributed by atoms with Crippen LogP contribution in [0.3, 0.4) is 0 Å². The summed E-state index contributed by atoms with van der Waals surface area (Å²) in [6.45, 7) is 0. The largest absolute Gasteiger partial charge is 0.466 e. The summed E-state index contributed by atoms with van der Waals surface area (Å²) in [5, 5.41) is 3.59. The van der Waals surface area contributed by atoms with Crippen LogP contribution in [0.5, 0.6) is 0 Å². The fourth-order valence-corrected chi connectivity index (χ4v) is 2.51. The fourth-order valence-electron chi connectivity index (χ4n) is 1.79. The Hall–Kier alpha value is -0.840. The number of benzene rings is 1. The number of likely N-dealkylation sites (N-methyl/N-ethyl adjacent to an activating group) is 1. The topological polar surface area (TPSA) is 25.2 Å². The normalized spacial score (nSPS) is 12.7. The number of furan rings is 1. The molecule has 2 rings (SSSR count). The van der Waals surface area contributed by atoms with Crippen molar-refractivity contribution in [3.63, 3.8) is 0 Å². The molecule has 5 heteroatoms. The van der Waals surface area contributed by atoms with E-state index in [1.165, 1.54) is 12.1 Å². The minimum Gasteiger partial charge on any atom is -0.466 e. The lowest BCUT2D eigenvalue weighted by molar-refractivity contribution is 0.427. The summed E-state index contributed by atoms with van der Waals surface area (Å²) in [5.74, 6) is 0.474. The van der Waals surface area contributed by atoms with Crippen LogP contribution < -0.4 is 5.32 Å². The number of rotatable bonds is 4. The Morgan fingerprint density at radius 3 is 2.78 bits per heavy atom. The molecule has 1 aromatic heterocycles. The number of hydrogen-bond acceptors (Lipinski definition) is 2. The minimum atomic E-state index is -0.330. The van der Waals surface area contributed by atoms with E-state index in [2.05, 4.69) is 21.2 Å². The van der Waals surface area contributed by atoms with Crippen molar-refractivity contribution >= 4 is 27.5 Å². The molecule has 0 bridgehead atoms. The average molecular weight is 333 g/mol. The predicted octanol–water partition coefficient (Wildman–Crippen LogP) is 4.34. The molecule has 0 aliphatic carbocycles. The molecule has 1 aromatic carbocycles. The molecular weight excluding hydrogens is 321 g/mol. The quantitative estimate of drug-likeness (QED) is 0.901. The zero-order valence-electron chi connectivity index (χ0n) is 9.71. The fraction of sp³-hybridized carbons (Fsp3) is 0.231. The Labute approximate surface area is 118 Å². The summed E-state index contributed by atoms with van der Waals surface area (Å²) in [7, 11) is 1.84. The average Bonchev–Trinajstić information content (AvgIpc) is 2.75. The molecule has 2 nitrogen and oxygen atoms in total. The van der Waals surface area contributed by atoms with Gasteiger partial charge in [0.15, 0.2) is 0 Å². The lowest BCUT2D eigenvalue weighted by atomic mass is 10.0. The molecule has 0 amide bonds. The first-order valence-corrected chi connectivity index (χ1v) is 6.63. The summed E-state index contributed by atoms with van der Waals surface area (Å²) in [5.41, 5.74) is 0.876. The highest BCUT2D eigenvalue weighted by atomic mass is 79.9. The van der Waals surface area contributed by atoms with Crippen LogP contribution >= 0.6 is 27.5 Å². The molecule has 2 aromatic rings. The molecular formula is C13H12BrClFNO. The van der Waals surface area contributed by atoms with Gasteiger partial charge in [-0.05, 0) is 53.2 Å². The van der Waals surface area contributed by atoms with Crippen LogP contribution in [0.1, 0.15) is 17.4 Å². The second-order valence-electron chi connectivity index (χ2n) is 3.91. The predicted molar refractivity (Wildman–Crippen MR) is 73.3 cm³/mol. The maximum atomic E-state index is 13.0. The standard InChI is InChI=1S/C13H12BrClFNO/c1-17-12(13-10(14)4-5-18-13)6-8-2-3-9(16)7-11(8)15/h2-5,7,12,17H,6H2,1H3. The van der Waals surface area contributed by atoms with Gasteiger partial charge in [0.1, 0.15) is 11.6 Å². The highest BCUT2D eigenvalue weighted by molar-refractivity contribution is 9.10. The summed E-state index contributed by atoms with van der Waals surface area (Å²) >= 11 is 9.45. The third kappa shape index (κ3) is 2.94. The Kier molecular flexibility index (Phi) is 4.43. The molecule has 0 fully saturated rings. The van der Waals surface area contributed by atoms with Gasteiger partial charge in [0, 0.05) is 5.02 Å². The van der Waals surface area contributed by atoms with Gasteiger partial charge in [-0.25, -0.2) is 4.39 Å². The van der Waals surface area contributed by atoms with Crippen molar-refractivity contribution in [2.45, 2.75) is 12.5 Å². The van der Waals surface area contributed by atoms with Crippen LogP contribution in [0, 0.1) is 5.82 Å². The van der Waals surface area contributed by atoms with Crippen LogP contribution in [-0.4, -0.2) is 7.05 Å². The highest BCUT2D eigenvalue weighted by Crippen LogP contribution is 2.29. The molecule has 1 atom stereocenters. The van der Waals surface area contributed by atoms with Crippen molar-refractivity contribution in [2.75, 3.05) is 7.05 Å². The van der Waals surface area contributed by atoms with E-state index in [-0.39, 0.29) is 11.9 Å². The molecule has 1 heterocycles. The van der Waals surface area contributed by atoms with Gasteiger partial charge in [-0.15, -0.1) is 0 Å². The molecule has 1 unspecified atom stereocenters. The van der Waals surface area contributed by atoms with Crippen molar-refractivity contribution < 1.29 is 8.81 Å². The van der Waals surface area contributed by atoms with Gasteiger partial charge in [-0.2, -0.15) is 0 Å². The van der Waals surface area contributed by atoms with E-state index in [1.807, 2.05) is 13.1 Å². The molecule has 0 radical (unpaired) electrons. The molecule has 0 spiro atoms. The van der Waals surface area contributed by atoms with Gasteiger partial charge in [-0.1, -0.05) is 17.7 Å². The van der Waals surface area contributed by atoms with Crippen molar-refractivity contribution in [3.8, 4) is 0 Å². The maximum absolute atomic E-state index is 13.0. The Morgan fingerprint density at radius 1 is 1.44 bits per heavy atom. The van der Waals surface area contributed by atoms with E-state index in [9.17, 15) is 4.39 Å². The Balaban J connectivity index is 2.23. The smallest absolute Gasteiger partial charge is 0.135 e. The summed E-state index contributed by atoms with van der Waals surface area (Å²) in [6.07, 6.45) is 2.25. The first kappa shape index (κ1) is 13.6. The van der Waals surface area contributed by atoms with E-state index in [0.29, 0.717) is 11.4 Å².